The van der Waals surface area contributed by atoms with Gasteiger partial charge < -0.3 is 9.47 Å². The highest BCUT2D eigenvalue weighted by molar-refractivity contribution is 7.13. The molecule has 0 saturated heterocycles. The summed E-state index contributed by atoms with van der Waals surface area (Å²) in [5, 5.41) is 1.97. The number of rotatable bonds is 7. The predicted molar refractivity (Wildman–Crippen MR) is 105 cm³/mol. The minimum absolute atomic E-state index is 0.271. The summed E-state index contributed by atoms with van der Waals surface area (Å²) in [6.45, 7) is 3.88. The predicted octanol–water partition coefficient (Wildman–Crippen LogP) is 4.56. The molecule has 5 nitrogen and oxygen atoms in total. The Morgan fingerprint density at radius 1 is 1.07 bits per heavy atom. The van der Waals surface area contributed by atoms with E-state index in [0.717, 1.165) is 10.6 Å². The number of carbonyl (C=O) groups excluding carboxylic acids is 2. The Morgan fingerprint density at radius 2 is 1.85 bits per heavy atom. The van der Waals surface area contributed by atoms with E-state index in [-0.39, 0.29) is 12.4 Å². The van der Waals surface area contributed by atoms with Crippen molar-refractivity contribution < 1.29 is 19.1 Å². The Balaban J connectivity index is 1.62. The molecule has 0 aliphatic carbocycles. The number of aromatic nitrogens is 1. The first kappa shape index (κ1) is 18.8. The third-order valence-corrected chi connectivity index (χ3v) is 4.79. The molecule has 0 aliphatic rings. The zero-order chi connectivity index (χ0) is 19.2. The molecule has 3 rings (SSSR count). The van der Waals surface area contributed by atoms with Crippen molar-refractivity contribution in [2.75, 3.05) is 13.2 Å². The summed E-state index contributed by atoms with van der Waals surface area (Å²) in [5.41, 5.74) is 2.20. The fourth-order valence-corrected chi connectivity index (χ4v) is 3.23. The molecule has 0 amide bonds. The number of pyridine rings is 1. The molecule has 6 heteroatoms. The Hall–Kier alpha value is -2.99. The SMILES string of the molecule is CCOc1ccc(C(=O)COC(=O)c2ccc(-c3cccs3)nc2C)cc1. The van der Waals surface area contributed by atoms with Crippen LogP contribution >= 0.6 is 11.3 Å². The fraction of sp³-hybridized carbons (Fsp3) is 0.190. The number of ketones is 1. The highest BCUT2D eigenvalue weighted by Crippen LogP contribution is 2.24. The molecule has 138 valence electrons. The van der Waals surface area contributed by atoms with Crippen LogP contribution in [-0.4, -0.2) is 30.0 Å². The summed E-state index contributed by atoms with van der Waals surface area (Å²) < 4.78 is 10.5. The van der Waals surface area contributed by atoms with Gasteiger partial charge in [-0.2, -0.15) is 0 Å². The van der Waals surface area contributed by atoms with E-state index in [4.69, 9.17) is 9.47 Å². The molecule has 0 unspecified atom stereocenters. The number of carbonyl (C=O) groups is 2. The zero-order valence-electron chi connectivity index (χ0n) is 15.1. The van der Waals surface area contributed by atoms with Crippen LogP contribution in [0, 0.1) is 6.92 Å². The smallest absolute Gasteiger partial charge is 0.340 e. The van der Waals surface area contributed by atoms with Crippen LogP contribution in [-0.2, 0) is 4.74 Å². The van der Waals surface area contributed by atoms with Gasteiger partial charge in [0, 0.05) is 5.56 Å². The molecule has 0 atom stereocenters. The van der Waals surface area contributed by atoms with Crippen LogP contribution in [0.15, 0.2) is 53.9 Å². The van der Waals surface area contributed by atoms with E-state index in [1.165, 1.54) is 0 Å². The van der Waals surface area contributed by atoms with Gasteiger partial charge in [-0.25, -0.2) is 4.79 Å². The number of hydrogen-bond acceptors (Lipinski definition) is 6. The van der Waals surface area contributed by atoms with Gasteiger partial charge in [0.05, 0.1) is 28.4 Å². The Bertz CT molecular complexity index is 933. The number of benzene rings is 1. The summed E-state index contributed by atoms with van der Waals surface area (Å²) in [6, 6.07) is 14.1. The molecule has 27 heavy (non-hydrogen) atoms. The summed E-state index contributed by atoms with van der Waals surface area (Å²) in [5.74, 6) is -0.136. The average Bonchev–Trinajstić information content (AvgIpc) is 3.21. The van der Waals surface area contributed by atoms with Crippen molar-refractivity contribution in [2.24, 2.45) is 0 Å². The first-order valence-corrected chi connectivity index (χ1v) is 9.41. The van der Waals surface area contributed by atoms with Crippen molar-refractivity contribution in [3.05, 3.63) is 70.7 Å². The van der Waals surface area contributed by atoms with Gasteiger partial charge in [0.25, 0.3) is 0 Å². The van der Waals surface area contributed by atoms with Crippen molar-refractivity contribution in [1.82, 2.24) is 4.98 Å². The van der Waals surface area contributed by atoms with E-state index in [2.05, 4.69) is 4.98 Å². The molecule has 2 aromatic heterocycles. The summed E-state index contributed by atoms with van der Waals surface area (Å²) in [7, 11) is 0. The van der Waals surface area contributed by atoms with E-state index < -0.39 is 5.97 Å². The number of Topliss-reactive ketones (excluding diaryl/α,β-unsaturated/α-hetero) is 1. The Morgan fingerprint density at radius 3 is 2.48 bits per heavy atom. The quantitative estimate of drug-likeness (QED) is 0.443. The summed E-state index contributed by atoms with van der Waals surface area (Å²) in [4.78, 5) is 30.0. The van der Waals surface area contributed by atoms with Gasteiger partial charge >= 0.3 is 5.97 Å². The van der Waals surface area contributed by atoms with Gasteiger partial charge in [-0.3, -0.25) is 9.78 Å². The standard InChI is InChI=1S/C21H19NO4S/c1-3-25-16-8-6-15(7-9-16)19(23)13-26-21(24)17-10-11-18(22-14(17)2)20-5-4-12-27-20/h4-12H,3,13H2,1-2H3. The number of nitrogens with zero attached hydrogens (tertiary/aromatic N) is 1. The Labute approximate surface area is 161 Å². The van der Waals surface area contributed by atoms with Crippen LogP contribution in [0.1, 0.15) is 33.3 Å². The number of aryl methyl sites for hydroxylation is 1. The van der Waals surface area contributed by atoms with Crippen molar-refractivity contribution in [1.29, 1.82) is 0 Å². The summed E-state index contributed by atoms with van der Waals surface area (Å²) >= 11 is 1.58. The molecule has 2 heterocycles. The number of ether oxygens (including phenoxy) is 2. The monoisotopic (exact) mass is 381 g/mol. The van der Waals surface area contributed by atoms with Crippen LogP contribution in [0.3, 0.4) is 0 Å². The molecule has 0 aliphatic heterocycles. The van der Waals surface area contributed by atoms with Crippen LogP contribution in [0.5, 0.6) is 5.75 Å². The normalized spacial score (nSPS) is 10.4. The third-order valence-electron chi connectivity index (χ3n) is 3.90. The highest BCUT2D eigenvalue weighted by atomic mass is 32.1. The molecule has 3 aromatic rings. The van der Waals surface area contributed by atoms with Gasteiger partial charge in [0.2, 0.25) is 0 Å². The molecular weight excluding hydrogens is 362 g/mol. The molecule has 0 N–H and O–H groups in total. The lowest BCUT2D eigenvalue weighted by Gasteiger charge is -2.08. The lowest BCUT2D eigenvalue weighted by atomic mass is 10.1. The van der Waals surface area contributed by atoms with Crippen LogP contribution in [0.2, 0.25) is 0 Å². The second kappa shape index (κ2) is 8.60. The minimum Gasteiger partial charge on any atom is -0.494 e. The number of hydrogen-bond donors (Lipinski definition) is 0. The number of thiophene rings is 1. The molecule has 0 fully saturated rings. The maximum Gasteiger partial charge on any atom is 0.340 e. The highest BCUT2D eigenvalue weighted by Gasteiger charge is 2.15. The first-order valence-electron chi connectivity index (χ1n) is 8.53. The van der Waals surface area contributed by atoms with Crippen molar-refractivity contribution in [2.45, 2.75) is 13.8 Å². The van der Waals surface area contributed by atoms with Crippen LogP contribution in [0.4, 0.5) is 0 Å². The van der Waals surface area contributed by atoms with Gasteiger partial charge in [-0.15, -0.1) is 11.3 Å². The van der Waals surface area contributed by atoms with Crippen LogP contribution in [0.25, 0.3) is 10.6 Å². The lowest BCUT2D eigenvalue weighted by Crippen LogP contribution is -2.15. The molecular formula is C21H19NO4S. The molecule has 0 spiro atoms. The summed E-state index contributed by atoms with van der Waals surface area (Å²) in [6.07, 6.45) is 0. The maximum absolute atomic E-state index is 12.3. The first-order chi connectivity index (χ1) is 13.1. The maximum atomic E-state index is 12.3. The van der Waals surface area contributed by atoms with E-state index >= 15 is 0 Å². The van der Waals surface area contributed by atoms with Crippen molar-refractivity contribution in [3.63, 3.8) is 0 Å². The largest absolute Gasteiger partial charge is 0.494 e. The number of esters is 1. The van der Waals surface area contributed by atoms with Crippen LogP contribution < -0.4 is 4.74 Å². The average molecular weight is 381 g/mol. The second-order valence-corrected chi connectivity index (χ2v) is 6.71. The van der Waals surface area contributed by atoms with Gasteiger partial charge in [0.1, 0.15) is 5.75 Å². The van der Waals surface area contributed by atoms with E-state index in [1.54, 1.807) is 54.7 Å². The molecule has 0 bridgehead atoms. The molecule has 0 saturated carbocycles. The molecule has 0 radical (unpaired) electrons. The van der Waals surface area contributed by atoms with E-state index in [0.29, 0.717) is 29.2 Å². The van der Waals surface area contributed by atoms with Gasteiger partial charge in [0.15, 0.2) is 12.4 Å². The fourth-order valence-electron chi connectivity index (χ4n) is 2.53. The van der Waals surface area contributed by atoms with Crippen molar-refractivity contribution in [3.8, 4) is 16.3 Å². The van der Waals surface area contributed by atoms with Gasteiger partial charge in [-0.1, -0.05) is 6.07 Å². The molecule has 1 aromatic carbocycles. The van der Waals surface area contributed by atoms with E-state index in [9.17, 15) is 9.59 Å². The topological polar surface area (TPSA) is 65.5 Å². The zero-order valence-corrected chi connectivity index (χ0v) is 15.9. The van der Waals surface area contributed by atoms with Crippen molar-refractivity contribution >= 4 is 23.1 Å². The third kappa shape index (κ3) is 4.60. The second-order valence-electron chi connectivity index (χ2n) is 5.76. The van der Waals surface area contributed by atoms with E-state index in [1.807, 2.05) is 24.4 Å². The van der Waals surface area contributed by atoms with Gasteiger partial charge in [-0.05, 0) is 61.7 Å². The Kier molecular flexibility index (Phi) is 5.98. The minimum atomic E-state index is -0.558. The lowest BCUT2D eigenvalue weighted by molar-refractivity contribution is 0.0473.